The summed E-state index contributed by atoms with van der Waals surface area (Å²) in [6.45, 7) is 5.16. The summed E-state index contributed by atoms with van der Waals surface area (Å²) in [6.07, 6.45) is 1.20. The van der Waals surface area contributed by atoms with Gasteiger partial charge in [0.1, 0.15) is 0 Å². The van der Waals surface area contributed by atoms with Crippen LogP contribution < -0.4 is 0 Å². The van der Waals surface area contributed by atoms with Crippen molar-refractivity contribution in [2.75, 3.05) is 12.0 Å². The van der Waals surface area contributed by atoms with E-state index in [4.69, 9.17) is 0 Å². The molecule has 0 rings (SSSR count). The van der Waals surface area contributed by atoms with Crippen molar-refractivity contribution < 1.29 is 8.42 Å². The van der Waals surface area contributed by atoms with Crippen LogP contribution in [0.15, 0.2) is 12.2 Å². The van der Waals surface area contributed by atoms with E-state index < -0.39 is 9.84 Å². The van der Waals surface area contributed by atoms with Crippen LogP contribution in [0.1, 0.15) is 6.92 Å². The molecule has 8 heavy (non-hydrogen) atoms. The molecule has 48 valence electrons. The molecule has 0 saturated heterocycles. The summed E-state index contributed by atoms with van der Waals surface area (Å²) in [5.74, 6) is 0.104. The van der Waals surface area contributed by atoms with E-state index >= 15 is 0 Å². The van der Waals surface area contributed by atoms with Gasteiger partial charge in [0.15, 0.2) is 9.84 Å². The normalized spacial score (nSPS) is 11.2. The van der Waals surface area contributed by atoms with Gasteiger partial charge in [-0.3, -0.25) is 0 Å². The molecule has 0 aliphatic rings. The van der Waals surface area contributed by atoms with Crippen LogP contribution >= 0.6 is 0 Å². The van der Waals surface area contributed by atoms with Gasteiger partial charge in [0.2, 0.25) is 0 Å². The first-order valence-electron chi connectivity index (χ1n) is 2.24. The molecule has 0 amide bonds. The molecule has 0 saturated carbocycles. The standard InChI is InChI=1S/C5H10O2S/c1-5(2)4-8(3,6)7/h1,4H2,2-3H3. The molecule has 0 fully saturated rings. The predicted octanol–water partition coefficient (Wildman–Crippen LogP) is 0.607. The highest BCUT2D eigenvalue weighted by molar-refractivity contribution is 7.90. The van der Waals surface area contributed by atoms with Crippen LogP contribution in [-0.2, 0) is 9.84 Å². The summed E-state index contributed by atoms with van der Waals surface area (Å²) in [5.41, 5.74) is 0.688. The van der Waals surface area contributed by atoms with Crippen LogP contribution in [0.5, 0.6) is 0 Å². The molecule has 0 N–H and O–H groups in total. The largest absolute Gasteiger partial charge is 0.229 e. The van der Waals surface area contributed by atoms with Gasteiger partial charge in [-0.1, -0.05) is 12.2 Å². The fourth-order valence-electron chi connectivity index (χ4n) is 0.448. The predicted molar refractivity (Wildman–Crippen MR) is 34.5 cm³/mol. The molecule has 0 aliphatic heterocycles. The fraction of sp³-hybridized carbons (Fsp3) is 0.600. The summed E-state index contributed by atoms with van der Waals surface area (Å²) < 4.78 is 20.8. The van der Waals surface area contributed by atoms with E-state index in [0.29, 0.717) is 5.57 Å². The minimum absolute atomic E-state index is 0.104. The first kappa shape index (κ1) is 7.69. The lowest BCUT2D eigenvalue weighted by Crippen LogP contribution is -2.02. The lowest BCUT2D eigenvalue weighted by Gasteiger charge is -1.92. The Morgan fingerprint density at radius 1 is 1.62 bits per heavy atom. The molecule has 0 bridgehead atoms. The van der Waals surface area contributed by atoms with E-state index in [9.17, 15) is 8.42 Å². The Kier molecular flexibility index (Phi) is 2.22. The molecule has 0 aromatic rings. The number of hydrogen-bond donors (Lipinski definition) is 0. The van der Waals surface area contributed by atoms with Crippen LogP contribution in [0.4, 0.5) is 0 Å². The van der Waals surface area contributed by atoms with Gasteiger partial charge < -0.3 is 0 Å². The molecule has 0 radical (unpaired) electrons. The van der Waals surface area contributed by atoms with E-state index in [0.717, 1.165) is 0 Å². The van der Waals surface area contributed by atoms with Gasteiger partial charge in [0.05, 0.1) is 5.75 Å². The molecule has 0 aromatic heterocycles. The maximum absolute atomic E-state index is 10.4. The molecule has 2 nitrogen and oxygen atoms in total. The summed E-state index contributed by atoms with van der Waals surface area (Å²) >= 11 is 0. The van der Waals surface area contributed by atoms with Crippen molar-refractivity contribution in [3.05, 3.63) is 12.2 Å². The lowest BCUT2D eigenvalue weighted by molar-refractivity contribution is 0.604. The SMILES string of the molecule is C=C(C)CS(C)(=O)=O. The average Bonchev–Trinajstić information content (AvgIpc) is 1.21. The van der Waals surface area contributed by atoms with E-state index in [2.05, 4.69) is 6.58 Å². The van der Waals surface area contributed by atoms with Crippen molar-refractivity contribution in [1.82, 2.24) is 0 Å². The zero-order valence-electron chi connectivity index (χ0n) is 5.14. The van der Waals surface area contributed by atoms with Gasteiger partial charge in [-0.25, -0.2) is 8.42 Å². The zero-order valence-corrected chi connectivity index (χ0v) is 5.96. The second-order valence-electron chi connectivity index (χ2n) is 2.03. The minimum atomic E-state index is -2.82. The van der Waals surface area contributed by atoms with Crippen molar-refractivity contribution in [2.24, 2.45) is 0 Å². The first-order chi connectivity index (χ1) is 3.42. The maximum atomic E-state index is 10.4. The molecule has 3 heteroatoms. The highest BCUT2D eigenvalue weighted by Gasteiger charge is 1.99. The molecule has 0 unspecified atom stereocenters. The summed E-state index contributed by atoms with van der Waals surface area (Å²) in [5, 5.41) is 0. The topological polar surface area (TPSA) is 34.1 Å². The van der Waals surface area contributed by atoms with Crippen molar-refractivity contribution >= 4 is 9.84 Å². The molecular formula is C5H10O2S. The third-order valence-corrected chi connectivity index (χ3v) is 1.53. The molecule has 0 aliphatic carbocycles. The second-order valence-corrected chi connectivity index (χ2v) is 4.17. The Bertz CT molecular complexity index is 177. The maximum Gasteiger partial charge on any atom is 0.151 e. The monoisotopic (exact) mass is 134 g/mol. The Morgan fingerprint density at radius 2 is 2.00 bits per heavy atom. The second kappa shape index (κ2) is 2.31. The third kappa shape index (κ3) is 5.69. The van der Waals surface area contributed by atoms with Crippen LogP contribution in [0.25, 0.3) is 0 Å². The summed E-state index contributed by atoms with van der Waals surface area (Å²) in [4.78, 5) is 0. The van der Waals surface area contributed by atoms with Crippen molar-refractivity contribution in [2.45, 2.75) is 6.92 Å². The highest BCUT2D eigenvalue weighted by atomic mass is 32.2. The van der Waals surface area contributed by atoms with Gasteiger partial charge in [-0.2, -0.15) is 0 Å². The molecule has 0 heterocycles. The Morgan fingerprint density at radius 3 is 2.00 bits per heavy atom. The van der Waals surface area contributed by atoms with Gasteiger partial charge in [0, 0.05) is 6.26 Å². The summed E-state index contributed by atoms with van der Waals surface area (Å²) in [7, 11) is -2.82. The van der Waals surface area contributed by atoms with E-state index in [1.807, 2.05) is 0 Å². The Hall–Kier alpha value is -0.310. The zero-order chi connectivity index (χ0) is 6.78. The quantitative estimate of drug-likeness (QED) is 0.518. The number of rotatable bonds is 2. The Balaban J connectivity index is 3.95. The smallest absolute Gasteiger partial charge is 0.151 e. The molecule has 0 aromatic carbocycles. The van der Waals surface area contributed by atoms with Gasteiger partial charge in [-0.15, -0.1) is 0 Å². The third-order valence-electron chi connectivity index (χ3n) is 0.509. The number of hydrogen-bond acceptors (Lipinski definition) is 2. The number of sulfone groups is 1. The van der Waals surface area contributed by atoms with E-state index in [-0.39, 0.29) is 5.75 Å². The van der Waals surface area contributed by atoms with E-state index in [1.54, 1.807) is 6.92 Å². The van der Waals surface area contributed by atoms with Gasteiger partial charge in [-0.05, 0) is 6.92 Å². The van der Waals surface area contributed by atoms with Crippen LogP contribution in [-0.4, -0.2) is 20.4 Å². The first-order valence-corrected chi connectivity index (χ1v) is 4.30. The van der Waals surface area contributed by atoms with Crippen molar-refractivity contribution in [3.63, 3.8) is 0 Å². The Labute approximate surface area is 50.1 Å². The highest BCUT2D eigenvalue weighted by Crippen LogP contribution is 1.91. The van der Waals surface area contributed by atoms with Crippen molar-refractivity contribution in [1.29, 1.82) is 0 Å². The van der Waals surface area contributed by atoms with Crippen molar-refractivity contribution in [3.8, 4) is 0 Å². The van der Waals surface area contributed by atoms with Crippen LogP contribution in [0, 0.1) is 0 Å². The average molecular weight is 134 g/mol. The van der Waals surface area contributed by atoms with Gasteiger partial charge >= 0.3 is 0 Å². The lowest BCUT2D eigenvalue weighted by atomic mass is 10.4. The molecule has 0 atom stereocenters. The fourth-order valence-corrected chi connectivity index (χ4v) is 1.34. The molecular weight excluding hydrogens is 124 g/mol. The minimum Gasteiger partial charge on any atom is -0.229 e. The summed E-state index contributed by atoms with van der Waals surface area (Å²) in [6, 6.07) is 0. The van der Waals surface area contributed by atoms with Crippen LogP contribution in [0.2, 0.25) is 0 Å². The van der Waals surface area contributed by atoms with Crippen LogP contribution in [0.3, 0.4) is 0 Å². The van der Waals surface area contributed by atoms with E-state index in [1.165, 1.54) is 6.26 Å². The molecule has 0 spiro atoms. The van der Waals surface area contributed by atoms with Gasteiger partial charge in [0.25, 0.3) is 0 Å².